The summed E-state index contributed by atoms with van der Waals surface area (Å²) < 4.78 is 45.4. The minimum absolute atomic E-state index is 0.0339. The molecule has 7 nitrogen and oxygen atoms in total. The fraction of sp³-hybridized carbons (Fsp3) is 0.174. The van der Waals surface area contributed by atoms with Crippen LogP contribution in [0.25, 0.3) is 6.08 Å². The minimum atomic E-state index is -2.99. The predicted octanol–water partition coefficient (Wildman–Crippen LogP) is 4.99. The topological polar surface area (TPSA) is 79.2 Å². The molecule has 170 valence electrons. The summed E-state index contributed by atoms with van der Waals surface area (Å²) in [5.41, 5.74) is 2.07. The first-order valence-corrected chi connectivity index (χ1v) is 10.6. The van der Waals surface area contributed by atoms with Gasteiger partial charge in [0.15, 0.2) is 17.2 Å². The van der Waals surface area contributed by atoms with Crippen LogP contribution in [0.4, 0.5) is 8.78 Å². The Labute approximate surface area is 191 Å². The second-order valence-corrected chi connectivity index (χ2v) is 7.86. The molecule has 1 aliphatic heterocycles. The highest BCUT2D eigenvalue weighted by atomic mass is 32.1. The quantitative estimate of drug-likeness (QED) is 0.340. The number of halogens is 2. The van der Waals surface area contributed by atoms with Crippen molar-refractivity contribution in [3.8, 4) is 17.2 Å². The maximum Gasteiger partial charge on any atom is 0.387 e. The Kier molecular flexibility index (Phi) is 6.64. The number of alkyl halides is 2. The van der Waals surface area contributed by atoms with Crippen molar-refractivity contribution >= 4 is 29.3 Å². The van der Waals surface area contributed by atoms with Crippen LogP contribution in [0.3, 0.4) is 0 Å². The van der Waals surface area contributed by atoms with E-state index in [-0.39, 0.29) is 23.1 Å². The van der Waals surface area contributed by atoms with Gasteiger partial charge in [-0.3, -0.25) is 0 Å². The van der Waals surface area contributed by atoms with Gasteiger partial charge in [0, 0.05) is 10.9 Å². The van der Waals surface area contributed by atoms with Crippen LogP contribution in [0, 0.1) is 6.92 Å². The molecule has 3 aromatic rings. The van der Waals surface area contributed by atoms with Gasteiger partial charge in [-0.2, -0.15) is 8.78 Å². The zero-order valence-electron chi connectivity index (χ0n) is 17.6. The Balaban J connectivity index is 1.47. The zero-order chi connectivity index (χ0) is 23.4. The lowest BCUT2D eigenvalue weighted by Gasteiger charge is -2.10. The predicted molar refractivity (Wildman–Crippen MR) is 118 cm³/mol. The first kappa shape index (κ1) is 22.4. The van der Waals surface area contributed by atoms with Gasteiger partial charge in [0.1, 0.15) is 12.4 Å². The maximum absolute atomic E-state index is 12.5. The highest BCUT2D eigenvalue weighted by molar-refractivity contribution is 7.09. The van der Waals surface area contributed by atoms with Gasteiger partial charge in [-0.1, -0.05) is 12.1 Å². The van der Waals surface area contributed by atoms with Crippen molar-refractivity contribution in [3.63, 3.8) is 0 Å². The summed E-state index contributed by atoms with van der Waals surface area (Å²) in [5, 5.41) is 2.93. The second kappa shape index (κ2) is 9.78. The summed E-state index contributed by atoms with van der Waals surface area (Å²) in [6, 6.07) is 11.3. The Morgan fingerprint density at radius 1 is 1.15 bits per heavy atom. The van der Waals surface area contributed by atoms with Gasteiger partial charge in [-0.15, -0.1) is 11.3 Å². The SMILES string of the molecule is COc1cc(C2=N/C(=C/c3ccc(OCc4csc(C)n4)cc3)C(=O)O2)ccc1OC(F)F. The van der Waals surface area contributed by atoms with E-state index in [0.29, 0.717) is 17.9 Å². The highest BCUT2D eigenvalue weighted by Gasteiger charge is 2.25. The van der Waals surface area contributed by atoms with Gasteiger partial charge in [0.2, 0.25) is 5.90 Å². The van der Waals surface area contributed by atoms with Gasteiger partial charge in [0.25, 0.3) is 0 Å². The molecule has 10 heteroatoms. The Morgan fingerprint density at radius 3 is 2.61 bits per heavy atom. The van der Waals surface area contributed by atoms with E-state index in [4.69, 9.17) is 14.2 Å². The molecule has 0 atom stereocenters. The van der Waals surface area contributed by atoms with Crippen LogP contribution >= 0.6 is 11.3 Å². The van der Waals surface area contributed by atoms with Crippen molar-refractivity contribution in [2.45, 2.75) is 20.1 Å². The number of nitrogens with zero attached hydrogens (tertiary/aromatic N) is 2. The highest BCUT2D eigenvalue weighted by Crippen LogP contribution is 2.31. The van der Waals surface area contributed by atoms with Gasteiger partial charge in [-0.05, 0) is 48.9 Å². The summed E-state index contributed by atoms with van der Waals surface area (Å²) in [4.78, 5) is 20.8. The smallest absolute Gasteiger partial charge is 0.387 e. The number of carbonyl (C=O) groups excluding carboxylic acids is 1. The van der Waals surface area contributed by atoms with E-state index in [2.05, 4.69) is 14.7 Å². The number of thiazole rings is 1. The van der Waals surface area contributed by atoms with E-state index in [1.165, 1.54) is 25.3 Å². The molecule has 0 radical (unpaired) electrons. The number of esters is 1. The number of cyclic esters (lactones) is 1. The number of rotatable bonds is 8. The third-order valence-corrected chi connectivity index (χ3v) is 5.31. The van der Waals surface area contributed by atoms with Crippen LogP contribution in [0.1, 0.15) is 21.8 Å². The lowest BCUT2D eigenvalue weighted by Crippen LogP contribution is -2.07. The van der Waals surface area contributed by atoms with Crippen molar-refractivity contribution < 1.29 is 32.5 Å². The molecular formula is C23H18F2N2O5S. The fourth-order valence-electron chi connectivity index (χ4n) is 2.98. The lowest BCUT2D eigenvalue weighted by molar-refractivity contribution is -0.129. The second-order valence-electron chi connectivity index (χ2n) is 6.80. The average Bonchev–Trinajstić information content (AvgIpc) is 3.38. The van der Waals surface area contributed by atoms with Crippen molar-refractivity contribution in [2.24, 2.45) is 4.99 Å². The summed E-state index contributed by atoms with van der Waals surface area (Å²) in [5.74, 6) is -0.00139. The van der Waals surface area contributed by atoms with Crippen molar-refractivity contribution in [2.75, 3.05) is 7.11 Å². The van der Waals surface area contributed by atoms with Crippen LogP contribution < -0.4 is 14.2 Å². The number of carbonyl (C=O) groups is 1. The average molecular weight is 472 g/mol. The van der Waals surface area contributed by atoms with Gasteiger partial charge >= 0.3 is 12.6 Å². The number of methoxy groups -OCH3 is 1. The van der Waals surface area contributed by atoms with Crippen LogP contribution in [0.15, 0.2) is 58.5 Å². The van der Waals surface area contributed by atoms with Crippen LogP contribution in [-0.2, 0) is 16.1 Å². The molecule has 0 amide bonds. The summed E-state index contributed by atoms with van der Waals surface area (Å²) in [6.45, 7) is -0.685. The Morgan fingerprint density at radius 2 is 1.94 bits per heavy atom. The molecule has 2 aromatic carbocycles. The summed E-state index contributed by atoms with van der Waals surface area (Å²) in [6.07, 6.45) is 1.58. The Hall–Kier alpha value is -3.79. The molecule has 1 aromatic heterocycles. The number of hydrogen-bond donors (Lipinski definition) is 0. The molecular weight excluding hydrogens is 454 g/mol. The molecule has 33 heavy (non-hydrogen) atoms. The van der Waals surface area contributed by atoms with E-state index in [1.54, 1.807) is 41.7 Å². The fourth-order valence-corrected chi connectivity index (χ4v) is 3.57. The number of benzene rings is 2. The van der Waals surface area contributed by atoms with Crippen LogP contribution in [0.2, 0.25) is 0 Å². The number of aryl methyl sites for hydroxylation is 1. The standard InChI is InChI=1S/C23H18F2N2O5S/c1-13-26-16(12-33-13)11-30-17-6-3-14(4-7-17)9-18-22(28)32-21(27-18)15-5-8-19(31-23(24)25)20(10-15)29-2/h3-10,12,23H,11H2,1-2H3/b18-9+. The van der Waals surface area contributed by atoms with Crippen LogP contribution in [0.5, 0.6) is 17.2 Å². The minimum Gasteiger partial charge on any atom is -0.493 e. The first-order chi connectivity index (χ1) is 15.9. The van der Waals surface area contributed by atoms with E-state index < -0.39 is 12.6 Å². The summed E-state index contributed by atoms with van der Waals surface area (Å²) >= 11 is 1.56. The third kappa shape index (κ3) is 5.53. The molecule has 0 spiro atoms. The number of hydrogen-bond acceptors (Lipinski definition) is 8. The van der Waals surface area contributed by atoms with Crippen molar-refractivity contribution in [1.29, 1.82) is 0 Å². The molecule has 4 rings (SSSR count). The number of aliphatic imine (C=N–C) groups is 1. The van der Waals surface area contributed by atoms with E-state index in [1.807, 2.05) is 12.3 Å². The van der Waals surface area contributed by atoms with Crippen molar-refractivity contribution in [3.05, 3.63) is 75.4 Å². The number of aromatic nitrogens is 1. The molecule has 0 fully saturated rings. The molecule has 0 unspecified atom stereocenters. The monoisotopic (exact) mass is 472 g/mol. The molecule has 0 bridgehead atoms. The van der Waals surface area contributed by atoms with Crippen molar-refractivity contribution in [1.82, 2.24) is 4.98 Å². The lowest BCUT2D eigenvalue weighted by atomic mass is 10.2. The Bertz CT molecular complexity index is 1220. The normalized spacial score (nSPS) is 14.4. The molecule has 2 heterocycles. The van der Waals surface area contributed by atoms with E-state index in [9.17, 15) is 13.6 Å². The van der Waals surface area contributed by atoms with E-state index >= 15 is 0 Å². The number of ether oxygens (including phenoxy) is 4. The molecule has 0 saturated carbocycles. The summed E-state index contributed by atoms with van der Waals surface area (Å²) in [7, 11) is 1.32. The van der Waals surface area contributed by atoms with Crippen LogP contribution in [-0.4, -0.2) is 30.6 Å². The largest absolute Gasteiger partial charge is 0.493 e. The van der Waals surface area contributed by atoms with Gasteiger partial charge in [0.05, 0.1) is 17.8 Å². The molecule has 0 aliphatic carbocycles. The molecule has 0 saturated heterocycles. The maximum atomic E-state index is 12.5. The van der Waals surface area contributed by atoms with E-state index in [0.717, 1.165) is 16.3 Å². The zero-order valence-corrected chi connectivity index (χ0v) is 18.4. The first-order valence-electron chi connectivity index (χ1n) is 9.71. The van der Waals surface area contributed by atoms with Gasteiger partial charge in [-0.25, -0.2) is 14.8 Å². The third-order valence-electron chi connectivity index (χ3n) is 4.48. The molecule has 1 aliphatic rings. The molecule has 0 N–H and O–H groups in total. The van der Waals surface area contributed by atoms with Gasteiger partial charge < -0.3 is 18.9 Å².